The average molecular weight is 594 g/mol. The van der Waals surface area contributed by atoms with Crippen LogP contribution < -0.4 is 15.3 Å². The first-order valence-electron chi connectivity index (χ1n) is 10.6. The molecule has 1 aromatic carbocycles. The molecule has 3 aromatic rings. The summed E-state index contributed by atoms with van der Waals surface area (Å²) < 4.78 is 105. The number of carboxylic acids is 1. The number of aliphatic carboxylic acids is 1. The lowest BCUT2D eigenvalue weighted by Gasteiger charge is -2.40. The van der Waals surface area contributed by atoms with Crippen molar-refractivity contribution in [2.75, 3.05) is 25.1 Å². The Balaban J connectivity index is 0.000000673. The Morgan fingerprint density at radius 1 is 1.05 bits per heavy atom. The normalized spacial score (nSPS) is 13.6. The molecule has 2 heterocycles. The maximum absolute atomic E-state index is 13.3. The van der Waals surface area contributed by atoms with Crippen molar-refractivity contribution in [3.8, 4) is 5.75 Å². The molecule has 0 saturated heterocycles. The number of nitrogens with one attached hydrogen (secondary N) is 1. The highest BCUT2D eigenvalue weighted by Gasteiger charge is 2.65. The number of rotatable bonds is 8. The molecular formula is C20H22F8N6O4S. The predicted octanol–water partition coefficient (Wildman–Crippen LogP) is 5.04. The second kappa shape index (κ2) is 10.0. The van der Waals surface area contributed by atoms with Gasteiger partial charge in [0.15, 0.2) is 11.4 Å². The van der Waals surface area contributed by atoms with Gasteiger partial charge in [0.1, 0.15) is 23.0 Å². The number of hydrogen-bond acceptors (Lipinski definition) is 7. The smallest absolute Gasteiger partial charge is 0.490 e. The van der Waals surface area contributed by atoms with Gasteiger partial charge < -0.3 is 14.7 Å². The number of nitrogens with zero attached hydrogens (tertiary/aromatic N) is 5. The van der Waals surface area contributed by atoms with Crippen molar-refractivity contribution in [1.29, 1.82) is 5.41 Å². The van der Waals surface area contributed by atoms with Crippen molar-refractivity contribution in [3.63, 3.8) is 0 Å². The Kier molecular flexibility index (Phi) is 8.04. The highest BCUT2D eigenvalue weighted by molar-refractivity contribution is 8.45. The topological polar surface area (TPSA) is 126 Å². The van der Waals surface area contributed by atoms with Gasteiger partial charge in [-0.25, -0.2) is 9.48 Å². The van der Waals surface area contributed by atoms with E-state index in [2.05, 4.69) is 14.9 Å². The van der Waals surface area contributed by atoms with E-state index in [1.807, 2.05) is 18.7 Å². The molecular weight excluding hydrogens is 572 g/mol. The molecule has 10 nitrogen and oxygen atoms in total. The van der Waals surface area contributed by atoms with Gasteiger partial charge in [-0.2, -0.15) is 17.7 Å². The lowest BCUT2D eigenvalue weighted by atomic mass is 10.1. The summed E-state index contributed by atoms with van der Waals surface area (Å²) >= 11 is 0. The molecule has 0 fully saturated rings. The average Bonchev–Trinajstić information content (AvgIpc) is 3.12. The summed E-state index contributed by atoms with van der Waals surface area (Å²) in [5, 5.41) is 23.7. The first-order valence-corrected chi connectivity index (χ1v) is 12.6. The van der Waals surface area contributed by atoms with E-state index in [4.69, 9.17) is 15.3 Å². The summed E-state index contributed by atoms with van der Waals surface area (Å²) in [5.41, 5.74) is -0.719. The second-order valence-electron chi connectivity index (χ2n) is 7.71. The Labute approximate surface area is 214 Å². The van der Waals surface area contributed by atoms with Crippen LogP contribution in [0.3, 0.4) is 0 Å². The van der Waals surface area contributed by atoms with Crippen molar-refractivity contribution < 1.29 is 52.0 Å². The molecule has 0 saturated carbocycles. The Hall–Kier alpha value is -3.90. The van der Waals surface area contributed by atoms with Crippen LogP contribution in [0.2, 0.25) is 0 Å². The van der Waals surface area contributed by atoms with E-state index in [9.17, 15) is 37.4 Å². The number of fused-ring (bicyclic) bond motifs is 1. The number of carboxylic acid groups (broad SMARTS) is 1. The number of ketones is 1. The first kappa shape index (κ1) is 31.3. The van der Waals surface area contributed by atoms with Crippen LogP contribution in [0.5, 0.6) is 5.75 Å². The largest absolute Gasteiger partial charge is 0.497 e. The number of methoxy groups -OCH3 is 1. The zero-order valence-electron chi connectivity index (χ0n) is 20.3. The van der Waals surface area contributed by atoms with Gasteiger partial charge in [-0.1, -0.05) is 19.4 Å². The standard InChI is InChI=1S/C18H21F5N6O2S.C2HF3O2/c1-4-27(5-2)16-6-7-17-25-28(18(24)29(17)26-16)11-15(30)12-8-13(31-3)10-14(9-12)32(19,20,21,22)23;3-2(4,5)1(6)7/h6-10,24H,4-5,11H2,1-3H3;(H,6,7). The molecule has 19 heteroatoms. The number of halogens is 8. The van der Waals surface area contributed by atoms with Crippen LogP contribution in [-0.4, -0.2) is 62.6 Å². The van der Waals surface area contributed by atoms with E-state index in [1.165, 1.54) is 4.52 Å². The summed E-state index contributed by atoms with van der Waals surface area (Å²) in [7, 11) is -9.05. The molecule has 0 aliphatic carbocycles. The number of aromatic nitrogens is 4. The van der Waals surface area contributed by atoms with Crippen LogP contribution in [0.15, 0.2) is 35.2 Å². The molecule has 0 atom stereocenters. The maximum atomic E-state index is 13.3. The third-order valence-corrected chi connectivity index (χ3v) is 6.10. The molecule has 0 amide bonds. The lowest BCUT2D eigenvalue weighted by Crippen LogP contribution is -2.28. The van der Waals surface area contributed by atoms with Crippen LogP contribution in [-0.2, 0) is 11.3 Å². The minimum Gasteiger partial charge on any atom is -0.497 e. The molecule has 0 radical (unpaired) electrons. The Morgan fingerprint density at radius 3 is 2.08 bits per heavy atom. The summed E-state index contributed by atoms with van der Waals surface area (Å²) in [6.07, 6.45) is -5.08. The molecule has 0 unspecified atom stereocenters. The number of alkyl halides is 3. The zero-order valence-corrected chi connectivity index (χ0v) is 21.2. The van der Waals surface area contributed by atoms with Crippen LogP contribution in [0.4, 0.5) is 38.4 Å². The molecule has 0 aliphatic rings. The third kappa shape index (κ3) is 7.80. The summed E-state index contributed by atoms with van der Waals surface area (Å²) in [6.45, 7) is 4.53. The number of carbonyl (C=O) groups excluding carboxylic acids is 1. The fourth-order valence-electron chi connectivity index (χ4n) is 3.05. The minimum absolute atomic E-state index is 0.0864. The van der Waals surface area contributed by atoms with Gasteiger partial charge in [0.25, 0.3) is 0 Å². The maximum Gasteiger partial charge on any atom is 0.490 e. The Morgan fingerprint density at radius 2 is 1.62 bits per heavy atom. The van der Waals surface area contributed by atoms with Crippen molar-refractivity contribution >= 4 is 33.4 Å². The van der Waals surface area contributed by atoms with E-state index in [-0.39, 0.29) is 23.4 Å². The summed E-state index contributed by atoms with van der Waals surface area (Å²) in [4.78, 5) is 21.2. The van der Waals surface area contributed by atoms with Gasteiger partial charge >= 0.3 is 22.4 Å². The van der Waals surface area contributed by atoms with E-state index in [0.29, 0.717) is 18.9 Å². The zero-order chi connectivity index (χ0) is 30.0. The monoisotopic (exact) mass is 594 g/mol. The number of Topliss-reactive ketones (excluding diaryl/α,β-unsaturated/α-hetero) is 1. The van der Waals surface area contributed by atoms with Crippen molar-refractivity contribution in [1.82, 2.24) is 19.4 Å². The number of hydrogen-bond donors (Lipinski definition) is 2. The fraction of sp³-hybridized carbons (Fsp3) is 0.350. The molecule has 0 spiro atoms. The Bertz CT molecular complexity index is 1450. The third-order valence-electron chi connectivity index (χ3n) is 4.98. The van der Waals surface area contributed by atoms with Crippen LogP contribution >= 0.6 is 10.2 Å². The molecule has 218 valence electrons. The van der Waals surface area contributed by atoms with E-state index >= 15 is 0 Å². The van der Waals surface area contributed by atoms with Gasteiger partial charge in [0.2, 0.25) is 5.62 Å². The minimum atomic E-state index is -10.0. The van der Waals surface area contributed by atoms with Crippen LogP contribution in [0.1, 0.15) is 24.2 Å². The van der Waals surface area contributed by atoms with Crippen molar-refractivity contribution in [3.05, 3.63) is 41.5 Å². The van der Waals surface area contributed by atoms with Crippen LogP contribution in [0, 0.1) is 5.41 Å². The molecule has 0 aliphatic heterocycles. The predicted molar refractivity (Wildman–Crippen MR) is 123 cm³/mol. The highest BCUT2D eigenvalue weighted by Crippen LogP contribution is 3.02. The van der Waals surface area contributed by atoms with Crippen LogP contribution in [0.25, 0.3) is 5.65 Å². The van der Waals surface area contributed by atoms with Crippen molar-refractivity contribution in [2.45, 2.75) is 31.5 Å². The number of ether oxygens (including phenoxy) is 1. The lowest BCUT2D eigenvalue weighted by molar-refractivity contribution is -0.192. The quantitative estimate of drug-likeness (QED) is 0.277. The first-order chi connectivity index (χ1) is 17.6. The van der Waals surface area contributed by atoms with E-state index < -0.39 is 50.9 Å². The molecule has 2 N–H and O–H groups in total. The highest BCUT2D eigenvalue weighted by atomic mass is 32.5. The number of carbonyl (C=O) groups is 2. The van der Waals surface area contributed by atoms with Gasteiger partial charge in [-0.05, 0) is 38.1 Å². The summed E-state index contributed by atoms with van der Waals surface area (Å²) in [5.74, 6) is -3.69. The SMILES string of the molecule is CCN(CC)c1ccc2nn(CC(=O)c3cc(OC)cc(S(F)(F)(F)(F)F)c3)c(=N)n2n1.O=C(O)C(F)(F)F. The van der Waals surface area contributed by atoms with Gasteiger partial charge in [-0.3, -0.25) is 10.2 Å². The molecule has 3 rings (SSSR count). The van der Waals surface area contributed by atoms with E-state index in [0.717, 1.165) is 17.9 Å². The van der Waals surface area contributed by atoms with Gasteiger partial charge in [0, 0.05) is 24.7 Å². The van der Waals surface area contributed by atoms with E-state index in [1.54, 1.807) is 12.1 Å². The molecule has 2 aromatic heterocycles. The number of benzene rings is 1. The second-order valence-corrected chi connectivity index (χ2v) is 10.1. The van der Waals surface area contributed by atoms with Gasteiger partial charge in [0.05, 0.1) is 7.11 Å². The van der Waals surface area contributed by atoms with Crippen molar-refractivity contribution in [2.24, 2.45) is 0 Å². The molecule has 39 heavy (non-hydrogen) atoms. The fourth-order valence-corrected chi connectivity index (χ4v) is 3.73. The van der Waals surface area contributed by atoms with Gasteiger partial charge in [-0.15, -0.1) is 10.2 Å². The summed E-state index contributed by atoms with van der Waals surface area (Å²) in [6, 6.07) is 4.42. The number of anilines is 1. The molecule has 0 bridgehead atoms.